The van der Waals surface area contributed by atoms with Gasteiger partial charge in [-0.1, -0.05) is 66.8 Å². The van der Waals surface area contributed by atoms with Crippen LogP contribution in [0, 0.1) is 5.41 Å². The molecule has 0 fully saturated rings. The summed E-state index contributed by atoms with van der Waals surface area (Å²) in [5.41, 5.74) is 0.672. The minimum Gasteiger partial charge on any atom is -0.334 e. The smallest absolute Gasteiger partial charge is 0.334 e. The third-order valence-corrected chi connectivity index (χ3v) is 7.79. The molecule has 6 nitrogen and oxygen atoms in total. The predicted octanol–water partition coefficient (Wildman–Crippen LogP) is 6.12. The van der Waals surface area contributed by atoms with Gasteiger partial charge in [0.2, 0.25) is 0 Å². The Bertz CT molecular complexity index is 1650. The minimum atomic E-state index is -4.60. The zero-order chi connectivity index (χ0) is 28.1. The molecule has 2 aliphatic rings. The molecule has 0 spiro atoms. The maximum Gasteiger partial charge on any atom is 0.398 e. The topological polar surface area (TPSA) is 60.1 Å². The predicted molar refractivity (Wildman–Crippen MR) is 144 cm³/mol. The first-order chi connectivity index (χ1) is 19.2. The number of imidazole rings is 1. The number of rotatable bonds is 3. The summed E-state index contributed by atoms with van der Waals surface area (Å²) in [6, 6.07) is 19.2. The third-order valence-electron chi connectivity index (χ3n) is 7.79. The van der Waals surface area contributed by atoms with E-state index in [2.05, 4.69) is 4.98 Å². The molecular weight excluding hydrogens is 517 g/mol. The number of carbonyl (C=O) groups is 2. The molecule has 2 unspecified atom stereocenters. The number of halogens is 3. The van der Waals surface area contributed by atoms with Crippen LogP contribution in [-0.4, -0.2) is 32.1 Å². The molecule has 1 aliphatic carbocycles. The maximum atomic E-state index is 14.6. The molecule has 0 bridgehead atoms. The molecule has 0 N–H and O–H groups in total. The van der Waals surface area contributed by atoms with Gasteiger partial charge in [-0.15, -0.1) is 0 Å². The van der Waals surface area contributed by atoms with Crippen molar-refractivity contribution in [1.29, 1.82) is 0 Å². The first-order valence-corrected chi connectivity index (χ1v) is 12.8. The van der Waals surface area contributed by atoms with Crippen LogP contribution in [0.1, 0.15) is 40.2 Å². The van der Waals surface area contributed by atoms with Crippen molar-refractivity contribution in [3.63, 3.8) is 0 Å². The number of para-hydroxylation sites is 1. The average Bonchev–Trinajstić information content (AvgIpc) is 3.59. The molecule has 9 heteroatoms. The molecule has 2 aromatic heterocycles. The summed E-state index contributed by atoms with van der Waals surface area (Å²) < 4.78 is 47.0. The fourth-order valence-electron chi connectivity index (χ4n) is 5.56. The van der Waals surface area contributed by atoms with Gasteiger partial charge in [0.1, 0.15) is 12.0 Å². The molecule has 1 aliphatic heterocycles. The van der Waals surface area contributed by atoms with Crippen LogP contribution in [-0.2, 0) is 17.9 Å². The van der Waals surface area contributed by atoms with Crippen LogP contribution in [0.25, 0.3) is 0 Å². The van der Waals surface area contributed by atoms with E-state index in [-0.39, 0.29) is 18.0 Å². The maximum absolute atomic E-state index is 14.6. The second-order valence-corrected chi connectivity index (χ2v) is 10.2. The number of amides is 1. The number of hydrogen-bond acceptors (Lipinski definition) is 3. The number of carbonyl (C=O) groups excluding carboxylic acids is 2. The third kappa shape index (κ3) is 4.18. The number of aromatic nitrogens is 3. The molecule has 0 saturated carbocycles. The summed E-state index contributed by atoms with van der Waals surface area (Å²) in [7, 11) is 0. The molecular formula is C31H25F3N4O2. The van der Waals surface area contributed by atoms with E-state index >= 15 is 0 Å². The zero-order valence-corrected chi connectivity index (χ0v) is 21.5. The van der Waals surface area contributed by atoms with Crippen LogP contribution >= 0.6 is 0 Å². The van der Waals surface area contributed by atoms with Crippen molar-refractivity contribution in [2.75, 3.05) is 4.90 Å². The monoisotopic (exact) mass is 542 g/mol. The van der Waals surface area contributed by atoms with E-state index in [1.54, 1.807) is 60.8 Å². The van der Waals surface area contributed by atoms with Gasteiger partial charge in [0.05, 0.1) is 18.5 Å². The van der Waals surface area contributed by atoms with Crippen LogP contribution in [0.5, 0.6) is 0 Å². The molecule has 2 atom stereocenters. The lowest BCUT2D eigenvalue weighted by Gasteiger charge is -2.38. The summed E-state index contributed by atoms with van der Waals surface area (Å²) >= 11 is 0. The molecule has 40 heavy (non-hydrogen) atoms. The molecule has 4 aromatic rings. The lowest BCUT2D eigenvalue weighted by atomic mass is 9.69. The lowest BCUT2D eigenvalue weighted by Crippen LogP contribution is -2.41. The number of nitrogens with zero attached hydrogens (tertiary/aromatic N) is 4. The summed E-state index contributed by atoms with van der Waals surface area (Å²) in [5.74, 6) is -1.79. The number of fused-ring (bicyclic) bond motifs is 2. The number of alkyl halides is 3. The largest absolute Gasteiger partial charge is 0.398 e. The Hall–Kier alpha value is -4.66. The van der Waals surface area contributed by atoms with Gasteiger partial charge in [0, 0.05) is 35.3 Å². The first kappa shape index (κ1) is 25.6. The fraction of sp³-hybridized carbons (Fsp3) is 0.194. The van der Waals surface area contributed by atoms with Crippen molar-refractivity contribution in [1.82, 2.24) is 14.1 Å². The Labute approximate surface area is 228 Å². The molecule has 0 radical (unpaired) electrons. The van der Waals surface area contributed by atoms with Crippen molar-refractivity contribution in [2.24, 2.45) is 5.41 Å². The highest BCUT2D eigenvalue weighted by Crippen LogP contribution is 2.52. The number of anilines is 1. The molecule has 1 amide bonds. The fourth-order valence-corrected chi connectivity index (χ4v) is 5.56. The normalized spacial score (nSPS) is 20.4. The van der Waals surface area contributed by atoms with Gasteiger partial charge < -0.3 is 9.47 Å². The quantitative estimate of drug-likeness (QED) is 0.314. The molecule has 6 rings (SSSR count). The van der Waals surface area contributed by atoms with Crippen molar-refractivity contribution in [2.45, 2.75) is 32.1 Å². The highest BCUT2D eigenvalue weighted by atomic mass is 19.4. The van der Waals surface area contributed by atoms with Gasteiger partial charge in [-0.3, -0.25) is 14.2 Å². The first-order valence-electron chi connectivity index (χ1n) is 12.8. The summed E-state index contributed by atoms with van der Waals surface area (Å²) in [6.07, 6.45) is 3.93. The van der Waals surface area contributed by atoms with Crippen molar-refractivity contribution in [3.8, 4) is 0 Å². The van der Waals surface area contributed by atoms with E-state index in [0.717, 1.165) is 18.6 Å². The Morgan fingerprint density at radius 2 is 1.70 bits per heavy atom. The number of allylic oxidation sites excluding steroid dienone is 2. The van der Waals surface area contributed by atoms with Crippen LogP contribution in [0.4, 0.5) is 18.9 Å². The standard InChI is InChI=1S/C31H25F3N4O2/c1-30(31(32,33)34)17-22(11-13-25(30)21-7-3-2-4-8-21)28(39)38-19-24-12-14-27(29(40)36-16-15-35-20-36)37(24)18-23-9-5-6-10-26(23)38/h2-17,20,25H,18-19H2,1H3. The molecule has 2 aromatic carbocycles. The van der Waals surface area contributed by atoms with Gasteiger partial charge in [0.25, 0.3) is 11.8 Å². The van der Waals surface area contributed by atoms with Gasteiger partial charge >= 0.3 is 6.18 Å². The van der Waals surface area contributed by atoms with Crippen molar-refractivity contribution in [3.05, 3.63) is 132 Å². The van der Waals surface area contributed by atoms with E-state index in [1.165, 1.54) is 34.1 Å². The SMILES string of the molecule is CC1(C(F)(F)F)C=C(C(=O)N2Cc3ccc(C(=O)n4ccnc4)n3Cc3ccccc32)C=CC1c1ccccc1. The summed E-state index contributed by atoms with van der Waals surface area (Å²) in [6.45, 7) is 1.54. The summed E-state index contributed by atoms with van der Waals surface area (Å²) in [4.78, 5) is 32.6. The van der Waals surface area contributed by atoms with E-state index in [9.17, 15) is 22.8 Å². The average molecular weight is 543 g/mol. The molecule has 3 heterocycles. The number of hydrogen-bond donors (Lipinski definition) is 0. The Morgan fingerprint density at radius 1 is 0.950 bits per heavy atom. The highest BCUT2D eigenvalue weighted by Gasteiger charge is 2.55. The second kappa shape index (κ2) is 9.51. The highest BCUT2D eigenvalue weighted by molar-refractivity contribution is 6.08. The summed E-state index contributed by atoms with van der Waals surface area (Å²) in [5, 5.41) is 0. The Kier molecular flexibility index (Phi) is 6.09. The second-order valence-electron chi connectivity index (χ2n) is 10.2. The van der Waals surface area contributed by atoms with Gasteiger partial charge in [-0.05, 0) is 36.2 Å². The van der Waals surface area contributed by atoms with Gasteiger partial charge in [-0.2, -0.15) is 13.2 Å². The molecule has 0 saturated heterocycles. The Balaban J connectivity index is 1.40. The van der Waals surface area contributed by atoms with E-state index in [1.807, 2.05) is 16.7 Å². The lowest BCUT2D eigenvalue weighted by molar-refractivity contribution is -0.204. The van der Waals surface area contributed by atoms with Gasteiger partial charge in [-0.25, -0.2) is 4.98 Å². The molecule has 202 valence electrons. The van der Waals surface area contributed by atoms with Crippen molar-refractivity contribution < 1.29 is 22.8 Å². The van der Waals surface area contributed by atoms with E-state index in [4.69, 9.17) is 0 Å². The Morgan fingerprint density at radius 3 is 2.42 bits per heavy atom. The van der Waals surface area contributed by atoms with E-state index in [0.29, 0.717) is 29.2 Å². The van der Waals surface area contributed by atoms with Crippen molar-refractivity contribution >= 4 is 17.5 Å². The van der Waals surface area contributed by atoms with Gasteiger partial charge in [0.15, 0.2) is 0 Å². The van der Waals surface area contributed by atoms with Crippen LogP contribution in [0.3, 0.4) is 0 Å². The zero-order valence-electron chi connectivity index (χ0n) is 21.5. The van der Waals surface area contributed by atoms with Crippen LogP contribution in [0.2, 0.25) is 0 Å². The number of benzene rings is 2. The van der Waals surface area contributed by atoms with Crippen LogP contribution < -0.4 is 4.90 Å². The minimum absolute atomic E-state index is 0.0310. The van der Waals surface area contributed by atoms with E-state index < -0.39 is 23.4 Å². The van der Waals surface area contributed by atoms with Crippen LogP contribution in [0.15, 0.2) is 109 Å².